The molecule has 160 valence electrons. The standard InChI is InChI=1S/C27H30N2O2/c1-18(2)25(27(31)28-23-16-15-19(3)20(4)17-23)29-26(30)24(21-11-7-5-8-12-21)22-13-9-6-10-14-22/h5-18,24-25H,1-4H3,(H,28,31)(H,29,30)/t25-/m0/s1. The van der Waals surface area contributed by atoms with Gasteiger partial charge in [-0.25, -0.2) is 0 Å². The van der Waals surface area contributed by atoms with E-state index in [2.05, 4.69) is 10.6 Å². The molecule has 0 aliphatic carbocycles. The van der Waals surface area contributed by atoms with Gasteiger partial charge in [0, 0.05) is 5.69 Å². The highest BCUT2D eigenvalue weighted by atomic mass is 16.2. The number of anilines is 1. The molecule has 0 aromatic heterocycles. The first-order valence-electron chi connectivity index (χ1n) is 10.6. The van der Waals surface area contributed by atoms with E-state index in [1.165, 1.54) is 5.56 Å². The summed E-state index contributed by atoms with van der Waals surface area (Å²) in [6, 6.07) is 24.5. The SMILES string of the molecule is Cc1ccc(NC(=O)[C@@H](NC(=O)C(c2ccccc2)c2ccccc2)C(C)C)cc1C. The monoisotopic (exact) mass is 414 g/mol. The Hall–Kier alpha value is -3.40. The Morgan fingerprint density at radius 3 is 1.74 bits per heavy atom. The van der Waals surface area contributed by atoms with Gasteiger partial charge in [-0.15, -0.1) is 0 Å². The molecule has 3 rings (SSSR count). The van der Waals surface area contributed by atoms with Crippen LogP contribution in [0.3, 0.4) is 0 Å². The molecule has 0 aliphatic rings. The van der Waals surface area contributed by atoms with Crippen molar-refractivity contribution in [3.05, 3.63) is 101 Å². The lowest BCUT2D eigenvalue weighted by Gasteiger charge is -2.25. The number of rotatable bonds is 7. The number of aryl methyl sites for hydroxylation is 2. The Labute approximate surface area is 184 Å². The van der Waals surface area contributed by atoms with E-state index in [1.807, 2.05) is 107 Å². The van der Waals surface area contributed by atoms with Crippen LogP contribution in [0.25, 0.3) is 0 Å². The van der Waals surface area contributed by atoms with E-state index in [-0.39, 0.29) is 17.7 Å². The van der Waals surface area contributed by atoms with Crippen LogP contribution < -0.4 is 10.6 Å². The molecule has 0 radical (unpaired) electrons. The minimum atomic E-state index is -0.649. The summed E-state index contributed by atoms with van der Waals surface area (Å²) in [5, 5.41) is 5.97. The molecular weight excluding hydrogens is 384 g/mol. The van der Waals surface area contributed by atoms with Crippen LogP contribution in [0.4, 0.5) is 5.69 Å². The van der Waals surface area contributed by atoms with Gasteiger partial charge in [0.1, 0.15) is 6.04 Å². The van der Waals surface area contributed by atoms with E-state index in [0.717, 1.165) is 22.4 Å². The summed E-state index contributed by atoms with van der Waals surface area (Å²) in [7, 11) is 0. The number of hydrogen-bond donors (Lipinski definition) is 2. The van der Waals surface area contributed by atoms with Crippen LogP contribution in [0.1, 0.15) is 42.0 Å². The van der Waals surface area contributed by atoms with E-state index in [4.69, 9.17) is 0 Å². The molecule has 3 aromatic carbocycles. The van der Waals surface area contributed by atoms with Crippen LogP contribution in [0.15, 0.2) is 78.9 Å². The first-order chi connectivity index (χ1) is 14.9. The molecule has 0 saturated heterocycles. The molecular formula is C27H30N2O2. The van der Waals surface area contributed by atoms with Crippen LogP contribution in [-0.2, 0) is 9.59 Å². The summed E-state index contributed by atoms with van der Waals surface area (Å²) in [5.74, 6) is -0.960. The molecule has 0 spiro atoms. The molecule has 1 atom stereocenters. The molecule has 0 saturated carbocycles. The predicted octanol–water partition coefficient (Wildman–Crippen LogP) is 5.21. The van der Waals surface area contributed by atoms with Crippen LogP contribution in [-0.4, -0.2) is 17.9 Å². The summed E-state index contributed by atoms with van der Waals surface area (Å²) in [6.07, 6.45) is 0. The van der Waals surface area contributed by atoms with Crippen molar-refractivity contribution >= 4 is 17.5 Å². The maximum absolute atomic E-state index is 13.4. The zero-order chi connectivity index (χ0) is 22.4. The number of hydrogen-bond acceptors (Lipinski definition) is 2. The summed E-state index contributed by atoms with van der Waals surface area (Å²) < 4.78 is 0. The van der Waals surface area contributed by atoms with Crippen molar-refractivity contribution in [1.82, 2.24) is 5.32 Å². The molecule has 4 heteroatoms. The van der Waals surface area contributed by atoms with Crippen LogP contribution >= 0.6 is 0 Å². The summed E-state index contributed by atoms with van der Waals surface area (Å²) in [5.41, 5.74) is 4.79. The second-order valence-electron chi connectivity index (χ2n) is 8.27. The number of carbonyl (C=O) groups excluding carboxylic acids is 2. The van der Waals surface area contributed by atoms with E-state index in [1.54, 1.807) is 0 Å². The Morgan fingerprint density at radius 1 is 0.710 bits per heavy atom. The quantitative estimate of drug-likeness (QED) is 0.557. The maximum atomic E-state index is 13.4. The maximum Gasteiger partial charge on any atom is 0.247 e. The third-order valence-corrected chi connectivity index (χ3v) is 5.55. The van der Waals surface area contributed by atoms with Crippen molar-refractivity contribution in [3.63, 3.8) is 0 Å². The van der Waals surface area contributed by atoms with Gasteiger partial charge in [-0.2, -0.15) is 0 Å². The Bertz CT molecular complexity index is 990. The number of nitrogens with one attached hydrogen (secondary N) is 2. The molecule has 31 heavy (non-hydrogen) atoms. The number of benzene rings is 3. The van der Waals surface area contributed by atoms with E-state index < -0.39 is 12.0 Å². The molecule has 0 heterocycles. The molecule has 2 N–H and O–H groups in total. The molecule has 4 nitrogen and oxygen atoms in total. The Balaban J connectivity index is 1.83. The van der Waals surface area contributed by atoms with Gasteiger partial charge in [-0.1, -0.05) is 80.6 Å². The fourth-order valence-corrected chi connectivity index (χ4v) is 3.60. The zero-order valence-electron chi connectivity index (χ0n) is 18.6. The lowest BCUT2D eigenvalue weighted by molar-refractivity contribution is -0.127. The van der Waals surface area contributed by atoms with E-state index in [0.29, 0.717) is 0 Å². The third-order valence-electron chi connectivity index (χ3n) is 5.55. The molecule has 2 amide bonds. The van der Waals surface area contributed by atoms with Gasteiger partial charge in [-0.3, -0.25) is 9.59 Å². The van der Waals surface area contributed by atoms with Gasteiger partial charge in [0.25, 0.3) is 0 Å². The van der Waals surface area contributed by atoms with Gasteiger partial charge >= 0.3 is 0 Å². The summed E-state index contributed by atoms with van der Waals surface area (Å²) in [6.45, 7) is 7.91. The van der Waals surface area contributed by atoms with E-state index >= 15 is 0 Å². The van der Waals surface area contributed by atoms with Gasteiger partial charge in [-0.05, 0) is 54.2 Å². The fourth-order valence-electron chi connectivity index (χ4n) is 3.60. The second kappa shape index (κ2) is 10.1. The van der Waals surface area contributed by atoms with Crippen molar-refractivity contribution in [2.75, 3.05) is 5.32 Å². The van der Waals surface area contributed by atoms with Crippen molar-refractivity contribution in [3.8, 4) is 0 Å². The number of carbonyl (C=O) groups is 2. The normalized spacial score (nSPS) is 11.9. The van der Waals surface area contributed by atoms with Crippen LogP contribution in [0.5, 0.6) is 0 Å². The average molecular weight is 415 g/mol. The Kier molecular flexibility index (Phi) is 7.24. The highest BCUT2D eigenvalue weighted by molar-refractivity contribution is 5.99. The van der Waals surface area contributed by atoms with Crippen LogP contribution in [0, 0.1) is 19.8 Å². The molecule has 3 aromatic rings. The minimum Gasteiger partial charge on any atom is -0.343 e. The predicted molar refractivity (Wildman–Crippen MR) is 126 cm³/mol. The van der Waals surface area contributed by atoms with Gasteiger partial charge in [0.15, 0.2) is 0 Å². The fraction of sp³-hybridized carbons (Fsp3) is 0.259. The highest BCUT2D eigenvalue weighted by Crippen LogP contribution is 2.25. The average Bonchev–Trinajstić information content (AvgIpc) is 2.76. The van der Waals surface area contributed by atoms with Crippen molar-refractivity contribution < 1.29 is 9.59 Å². The summed E-state index contributed by atoms with van der Waals surface area (Å²) >= 11 is 0. The molecule has 0 fully saturated rings. The smallest absolute Gasteiger partial charge is 0.247 e. The van der Waals surface area contributed by atoms with E-state index in [9.17, 15) is 9.59 Å². The second-order valence-corrected chi connectivity index (χ2v) is 8.27. The third kappa shape index (κ3) is 5.60. The molecule has 0 bridgehead atoms. The first kappa shape index (κ1) is 22.3. The minimum absolute atomic E-state index is 0.0670. The van der Waals surface area contributed by atoms with Crippen molar-refractivity contribution in [1.29, 1.82) is 0 Å². The van der Waals surface area contributed by atoms with Crippen LogP contribution in [0.2, 0.25) is 0 Å². The van der Waals surface area contributed by atoms with Gasteiger partial charge < -0.3 is 10.6 Å². The highest BCUT2D eigenvalue weighted by Gasteiger charge is 2.29. The zero-order valence-corrected chi connectivity index (χ0v) is 18.6. The number of amides is 2. The largest absolute Gasteiger partial charge is 0.343 e. The lowest BCUT2D eigenvalue weighted by atomic mass is 9.89. The topological polar surface area (TPSA) is 58.2 Å². The van der Waals surface area contributed by atoms with Crippen molar-refractivity contribution in [2.45, 2.75) is 39.7 Å². The first-order valence-corrected chi connectivity index (χ1v) is 10.6. The van der Waals surface area contributed by atoms with Gasteiger partial charge in [0.2, 0.25) is 11.8 Å². The van der Waals surface area contributed by atoms with Crippen molar-refractivity contribution in [2.24, 2.45) is 5.92 Å². The summed E-state index contributed by atoms with van der Waals surface area (Å²) in [4.78, 5) is 26.5. The molecule has 0 unspecified atom stereocenters. The van der Waals surface area contributed by atoms with Gasteiger partial charge in [0.05, 0.1) is 5.92 Å². The molecule has 0 aliphatic heterocycles. The Morgan fingerprint density at radius 2 is 1.26 bits per heavy atom. The lowest BCUT2D eigenvalue weighted by Crippen LogP contribution is -2.48.